The zero-order chi connectivity index (χ0) is 12.9. The van der Waals surface area contributed by atoms with Crippen molar-refractivity contribution in [1.82, 2.24) is 0 Å². The van der Waals surface area contributed by atoms with Crippen LogP contribution < -0.4 is 0 Å². The summed E-state index contributed by atoms with van der Waals surface area (Å²) in [6, 6.07) is 2.13. The topological polar surface area (TPSA) is 50.1 Å². The molecule has 0 N–H and O–H groups in total. The van der Waals surface area contributed by atoms with Gasteiger partial charge >= 0.3 is 5.97 Å². The molecule has 0 amide bonds. The van der Waals surface area contributed by atoms with Crippen LogP contribution in [0.3, 0.4) is 0 Å². The van der Waals surface area contributed by atoms with Gasteiger partial charge < -0.3 is 4.74 Å². The average Bonchev–Trinajstić information content (AvgIpc) is 2.36. The van der Waals surface area contributed by atoms with E-state index in [-0.39, 0.29) is 18.5 Å². The SMILES string of the molecule is C=CC1CCC(C(=O)OCC(C)(C)C#N)CC1. The number of rotatable bonds is 4. The van der Waals surface area contributed by atoms with E-state index >= 15 is 0 Å². The maximum absolute atomic E-state index is 11.8. The minimum atomic E-state index is -0.589. The summed E-state index contributed by atoms with van der Waals surface area (Å²) in [7, 11) is 0. The highest BCUT2D eigenvalue weighted by Crippen LogP contribution is 2.30. The van der Waals surface area contributed by atoms with Crippen molar-refractivity contribution in [3.05, 3.63) is 12.7 Å². The third-order valence-corrected chi connectivity index (χ3v) is 3.32. The van der Waals surface area contributed by atoms with E-state index in [1.54, 1.807) is 13.8 Å². The van der Waals surface area contributed by atoms with Crippen molar-refractivity contribution in [3.63, 3.8) is 0 Å². The molecule has 0 spiro atoms. The first kappa shape index (κ1) is 13.8. The van der Waals surface area contributed by atoms with Crippen LogP contribution in [0.15, 0.2) is 12.7 Å². The number of carbonyl (C=O) groups excluding carboxylic acids is 1. The molecule has 0 aromatic rings. The monoisotopic (exact) mass is 235 g/mol. The van der Waals surface area contributed by atoms with Crippen molar-refractivity contribution in [2.45, 2.75) is 39.5 Å². The molecule has 0 aliphatic heterocycles. The first-order valence-electron chi connectivity index (χ1n) is 6.19. The van der Waals surface area contributed by atoms with Gasteiger partial charge in [0.15, 0.2) is 0 Å². The second kappa shape index (κ2) is 5.86. The molecule has 94 valence electrons. The highest BCUT2D eigenvalue weighted by atomic mass is 16.5. The Balaban J connectivity index is 2.35. The Hall–Kier alpha value is -1.30. The summed E-state index contributed by atoms with van der Waals surface area (Å²) >= 11 is 0. The normalized spacial score (nSPS) is 24.8. The Labute approximate surface area is 103 Å². The second-order valence-corrected chi connectivity index (χ2v) is 5.45. The summed E-state index contributed by atoms with van der Waals surface area (Å²) in [5.41, 5.74) is -0.589. The lowest BCUT2D eigenvalue weighted by Gasteiger charge is -2.26. The predicted molar refractivity (Wildman–Crippen MR) is 66.0 cm³/mol. The van der Waals surface area contributed by atoms with Crippen LogP contribution in [0.1, 0.15) is 39.5 Å². The van der Waals surface area contributed by atoms with E-state index in [2.05, 4.69) is 12.6 Å². The lowest BCUT2D eigenvalue weighted by molar-refractivity contribution is -0.152. The molecule has 1 saturated carbocycles. The highest BCUT2D eigenvalue weighted by molar-refractivity contribution is 5.72. The largest absolute Gasteiger partial charge is 0.464 e. The predicted octanol–water partition coefficient (Wildman–Crippen LogP) is 3.07. The number of nitriles is 1. The molecular formula is C14H21NO2. The smallest absolute Gasteiger partial charge is 0.308 e. The maximum atomic E-state index is 11.8. The Morgan fingerprint density at radius 2 is 2.06 bits per heavy atom. The number of hydrogen-bond donors (Lipinski definition) is 0. The van der Waals surface area contributed by atoms with Crippen LogP contribution in [-0.2, 0) is 9.53 Å². The van der Waals surface area contributed by atoms with Crippen LogP contribution >= 0.6 is 0 Å². The molecule has 0 heterocycles. The van der Waals surface area contributed by atoms with Crippen molar-refractivity contribution in [2.75, 3.05) is 6.61 Å². The van der Waals surface area contributed by atoms with E-state index in [0.717, 1.165) is 25.7 Å². The lowest BCUT2D eigenvalue weighted by Crippen LogP contribution is -2.27. The van der Waals surface area contributed by atoms with Crippen LogP contribution in [0.25, 0.3) is 0 Å². The maximum Gasteiger partial charge on any atom is 0.308 e. The Morgan fingerprint density at radius 3 is 2.53 bits per heavy atom. The Kier molecular flexibility index (Phi) is 4.74. The molecular weight excluding hydrogens is 214 g/mol. The Morgan fingerprint density at radius 1 is 1.47 bits per heavy atom. The van der Waals surface area contributed by atoms with Gasteiger partial charge in [0.05, 0.1) is 17.4 Å². The average molecular weight is 235 g/mol. The third-order valence-electron chi connectivity index (χ3n) is 3.32. The van der Waals surface area contributed by atoms with Gasteiger partial charge in [-0.25, -0.2) is 0 Å². The van der Waals surface area contributed by atoms with Gasteiger partial charge in [-0.15, -0.1) is 6.58 Å². The summed E-state index contributed by atoms with van der Waals surface area (Å²) in [6.45, 7) is 7.51. The molecule has 0 saturated heterocycles. The molecule has 0 aromatic carbocycles. The van der Waals surface area contributed by atoms with Crippen LogP contribution in [-0.4, -0.2) is 12.6 Å². The van der Waals surface area contributed by atoms with E-state index in [9.17, 15) is 4.79 Å². The van der Waals surface area contributed by atoms with Gasteiger partial charge in [0.2, 0.25) is 0 Å². The minimum Gasteiger partial charge on any atom is -0.464 e. The number of ether oxygens (including phenoxy) is 1. The lowest BCUT2D eigenvalue weighted by atomic mass is 9.82. The molecule has 0 bridgehead atoms. The second-order valence-electron chi connectivity index (χ2n) is 5.45. The Bertz CT molecular complexity index is 320. The molecule has 1 fully saturated rings. The number of esters is 1. The van der Waals surface area contributed by atoms with Crippen molar-refractivity contribution in [2.24, 2.45) is 17.3 Å². The molecule has 1 aliphatic carbocycles. The molecule has 3 heteroatoms. The molecule has 0 radical (unpaired) electrons. The van der Waals surface area contributed by atoms with Crippen LogP contribution in [0, 0.1) is 28.6 Å². The minimum absolute atomic E-state index is 0.0145. The highest BCUT2D eigenvalue weighted by Gasteiger charge is 2.28. The van der Waals surface area contributed by atoms with Gasteiger partial charge in [-0.05, 0) is 45.4 Å². The van der Waals surface area contributed by atoms with Gasteiger partial charge in [-0.2, -0.15) is 5.26 Å². The fraction of sp³-hybridized carbons (Fsp3) is 0.714. The van der Waals surface area contributed by atoms with Crippen molar-refractivity contribution >= 4 is 5.97 Å². The van der Waals surface area contributed by atoms with Crippen LogP contribution in [0.2, 0.25) is 0 Å². The van der Waals surface area contributed by atoms with Crippen molar-refractivity contribution < 1.29 is 9.53 Å². The zero-order valence-electron chi connectivity index (χ0n) is 10.7. The summed E-state index contributed by atoms with van der Waals surface area (Å²) in [4.78, 5) is 11.8. The van der Waals surface area contributed by atoms with Crippen LogP contribution in [0.5, 0.6) is 0 Å². The number of allylic oxidation sites excluding steroid dienone is 1. The third kappa shape index (κ3) is 4.22. The first-order chi connectivity index (χ1) is 7.98. The quantitative estimate of drug-likeness (QED) is 0.556. The van der Waals surface area contributed by atoms with Gasteiger partial charge in [-0.1, -0.05) is 6.08 Å². The van der Waals surface area contributed by atoms with Gasteiger partial charge in [-0.3, -0.25) is 4.79 Å². The summed E-state index contributed by atoms with van der Waals surface area (Å²) in [6.07, 6.45) is 5.77. The van der Waals surface area contributed by atoms with E-state index in [1.807, 2.05) is 6.08 Å². The summed E-state index contributed by atoms with van der Waals surface area (Å²) < 4.78 is 5.22. The van der Waals surface area contributed by atoms with E-state index in [1.165, 1.54) is 0 Å². The number of nitrogens with zero attached hydrogens (tertiary/aromatic N) is 1. The van der Waals surface area contributed by atoms with Crippen molar-refractivity contribution in [3.8, 4) is 6.07 Å². The van der Waals surface area contributed by atoms with Crippen molar-refractivity contribution in [1.29, 1.82) is 5.26 Å². The van der Waals surface area contributed by atoms with Gasteiger partial charge in [0.1, 0.15) is 6.61 Å². The molecule has 0 aromatic heterocycles. The standard InChI is InChI=1S/C14H21NO2/c1-4-11-5-7-12(8-6-11)13(16)17-10-14(2,3)9-15/h4,11-12H,1,5-8,10H2,2-3H3. The fourth-order valence-corrected chi connectivity index (χ4v) is 1.99. The molecule has 0 atom stereocenters. The summed E-state index contributed by atoms with van der Waals surface area (Å²) in [5.74, 6) is 0.422. The molecule has 3 nitrogen and oxygen atoms in total. The van der Waals surface area contributed by atoms with Crippen LogP contribution in [0.4, 0.5) is 0 Å². The van der Waals surface area contributed by atoms with Gasteiger partial charge in [0.25, 0.3) is 0 Å². The fourth-order valence-electron chi connectivity index (χ4n) is 1.99. The molecule has 1 rings (SSSR count). The number of carbonyl (C=O) groups is 1. The van der Waals surface area contributed by atoms with E-state index in [4.69, 9.17) is 10.00 Å². The molecule has 1 aliphatic rings. The van der Waals surface area contributed by atoms with E-state index in [0.29, 0.717) is 5.92 Å². The molecule has 0 unspecified atom stereocenters. The first-order valence-corrected chi connectivity index (χ1v) is 6.19. The number of hydrogen-bond acceptors (Lipinski definition) is 3. The molecule has 17 heavy (non-hydrogen) atoms. The summed E-state index contributed by atoms with van der Waals surface area (Å²) in [5, 5.41) is 8.83. The van der Waals surface area contributed by atoms with Gasteiger partial charge in [0, 0.05) is 0 Å². The van der Waals surface area contributed by atoms with E-state index < -0.39 is 5.41 Å². The zero-order valence-corrected chi connectivity index (χ0v) is 10.7.